The van der Waals surface area contributed by atoms with E-state index in [0.717, 1.165) is 6.42 Å². The number of fused-ring (bicyclic) bond motifs is 5. The Morgan fingerprint density at radius 2 is 1.84 bits per heavy atom. The average Bonchev–Trinajstić information content (AvgIpc) is 2.96. The number of hydrogen-bond donors (Lipinski definition) is 0. The van der Waals surface area contributed by atoms with Crippen LogP contribution in [0.1, 0.15) is 47.4 Å². The Labute approximate surface area is 149 Å². The van der Waals surface area contributed by atoms with Gasteiger partial charge in [0.05, 0.1) is 0 Å². The average molecular weight is 325 g/mol. The molecule has 0 aromatic heterocycles. The lowest BCUT2D eigenvalue weighted by Gasteiger charge is -2.31. The number of benzene rings is 2. The van der Waals surface area contributed by atoms with Gasteiger partial charge >= 0.3 is 0 Å². The van der Waals surface area contributed by atoms with Gasteiger partial charge in [0, 0.05) is 24.3 Å². The van der Waals surface area contributed by atoms with Crippen LogP contribution in [0.4, 0.5) is 0 Å². The van der Waals surface area contributed by atoms with E-state index in [9.17, 15) is 0 Å². The largest absolute Gasteiger partial charge is 0.265 e. The van der Waals surface area contributed by atoms with Crippen molar-refractivity contribution < 1.29 is 0 Å². The van der Waals surface area contributed by atoms with E-state index in [4.69, 9.17) is 4.99 Å². The molecule has 1 unspecified atom stereocenters. The van der Waals surface area contributed by atoms with Gasteiger partial charge in [-0.1, -0.05) is 48.6 Å². The summed E-state index contributed by atoms with van der Waals surface area (Å²) in [5, 5.41) is 0. The third kappa shape index (κ3) is 2.50. The minimum absolute atomic E-state index is 0.463. The van der Waals surface area contributed by atoms with Crippen LogP contribution in [0.15, 0.2) is 65.3 Å². The van der Waals surface area contributed by atoms with Crippen molar-refractivity contribution in [2.45, 2.75) is 44.4 Å². The van der Waals surface area contributed by atoms with Crippen molar-refractivity contribution >= 4 is 6.21 Å². The smallest absolute Gasteiger partial charge is 0.0474 e. The van der Waals surface area contributed by atoms with Crippen molar-refractivity contribution in [3.63, 3.8) is 0 Å². The number of nitrogens with zero attached hydrogens (tertiary/aromatic N) is 1. The lowest BCUT2D eigenvalue weighted by Crippen LogP contribution is -2.16. The van der Waals surface area contributed by atoms with Crippen molar-refractivity contribution in [2.75, 3.05) is 0 Å². The molecule has 0 fully saturated rings. The number of rotatable bonds is 1. The highest BCUT2D eigenvalue weighted by Gasteiger charge is 2.28. The summed E-state index contributed by atoms with van der Waals surface area (Å²) in [7, 11) is 0. The maximum Gasteiger partial charge on any atom is 0.0474 e. The predicted octanol–water partition coefficient (Wildman–Crippen LogP) is 5.79. The molecule has 5 rings (SSSR count). The summed E-state index contributed by atoms with van der Waals surface area (Å²) in [6, 6.07) is 13.7. The molecule has 0 saturated heterocycles. The van der Waals surface area contributed by atoms with Gasteiger partial charge in [0.15, 0.2) is 0 Å². The Kier molecular flexibility index (Phi) is 3.66. The van der Waals surface area contributed by atoms with Gasteiger partial charge in [0.2, 0.25) is 0 Å². The molecule has 1 heteroatoms. The van der Waals surface area contributed by atoms with Crippen molar-refractivity contribution in [1.29, 1.82) is 0 Å². The van der Waals surface area contributed by atoms with E-state index in [1.807, 2.05) is 0 Å². The molecule has 0 bridgehead atoms. The van der Waals surface area contributed by atoms with Crippen molar-refractivity contribution in [3.8, 4) is 11.1 Å². The first-order valence-corrected chi connectivity index (χ1v) is 9.54. The van der Waals surface area contributed by atoms with Gasteiger partial charge in [0.25, 0.3) is 0 Å². The normalized spacial score (nSPS) is 21.0. The van der Waals surface area contributed by atoms with E-state index in [2.05, 4.69) is 60.8 Å². The number of aliphatic imine (C=N–C) groups is 1. The molecule has 0 radical (unpaired) electrons. The third-order valence-corrected chi connectivity index (χ3v) is 5.96. The first-order valence-electron chi connectivity index (χ1n) is 9.54. The number of aryl methyl sites for hydroxylation is 1. The minimum atomic E-state index is 0.463. The van der Waals surface area contributed by atoms with Crippen molar-refractivity contribution in [2.24, 2.45) is 4.99 Å². The Bertz CT molecular complexity index is 914. The van der Waals surface area contributed by atoms with Gasteiger partial charge in [0.1, 0.15) is 0 Å². The van der Waals surface area contributed by atoms with Crippen LogP contribution in [0.25, 0.3) is 11.1 Å². The highest BCUT2D eigenvalue weighted by atomic mass is 14.7. The van der Waals surface area contributed by atoms with Crippen LogP contribution in [0.5, 0.6) is 0 Å². The lowest BCUT2D eigenvalue weighted by molar-refractivity contribution is 0.599. The molecule has 2 aromatic rings. The quantitative estimate of drug-likeness (QED) is 0.629. The van der Waals surface area contributed by atoms with Crippen LogP contribution in [0.2, 0.25) is 0 Å². The fourth-order valence-corrected chi connectivity index (χ4v) is 4.79. The van der Waals surface area contributed by atoms with Crippen LogP contribution in [-0.4, -0.2) is 6.21 Å². The molecule has 2 aromatic carbocycles. The zero-order valence-corrected chi connectivity index (χ0v) is 14.5. The van der Waals surface area contributed by atoms with E-state index in [1.54, 1.807) is 11.1 Å². The molecule has 1 atom stereocenters. The first-order chi connectivity index (χ1) is 12.4. The molecule has 3 aliphatic rings. The number of allylic oxidation sites excluding steroid dienone is 4. The monoisotopic (exact) mass is 325 g/mol. The Morgan fingerprint density at radius 3 is 2.84 bits per heavy atom. The van der Waals surface area contributed by atoms with Crippen LogP contribution < -0.4 is 0 Å². The van der Waals surface area contributed by atoms with E-state index >= 15 is 0 Å². The molecule has 1 aliphatic heterocycles. The predicted molar refractivity (Wildman–Crippen MR) is 105 cm³/mol. The maximum absolute atomic E-state index is 4.77. The maximum atomic E-state index is 4.77. The highest BCUT2D eigenvalue weighted by Crippen LogP contribution is 2.44. The molecule has 25 heavy (non-hydrogen) atoms. The van der Waals surface area contributed by atoms with Gasteiger partial charge < -0.3 is 0 Å². The molecule has 124 valence electrons. The van der Waals surface area contributed by atoms with Crippen molar-refractivity contribution in [3.05, 3.63) is 82.6 Å². The van der Waals surface area contributed by atoms with Crippen LogP contribution in [-0.2, 0) is 19.3 Å². The molecule has 2 aliphatic carbocycles. The molecule has 0 spiro atoms. The van der Waals surface area contributed by atoms with Gasteiger partial charge in [-0.05, 0) is 71.6 Å². The summed E-state index contributed by atoms with van der Waals surface area (Å²) in [6.45, 7) is 0. The summed E-state index contributed by atoms with van der Waals surface area (Å²) in [5.41, 5.74) is 10.4. The SMILES string of the molecule is C1=CCC=NC(C2CCCc3c2ccc2c3CCc3ccccc3-2)=C1. The summed E-state index contributed by atoms with van der Waals surface area (Å²) in [6.07, 6.45) is 15.7. The fraction of sp³-hybridized carbons (Fsp3) is 0.292. The minimum Gasteiger partial charge on any atom is -0.265 e. The Balaban J connectivity index is 1.64. The summed E-state index contributed by atoms with van der Waals surface area (Å²) >= 11 is 0. The zero-order chi connectivity index (χ0) is 16.6. The topological polar surface area (TPSA) is 12.4 Å². The standard InChI is InChI=1S/C24H23N/c1-2-11-24(25-16-5-1)23-10-6-9-19-21-13-12-17-7-3-4-8-18(17)20(21)14-15-22(19)23/h1-4,7-8,11,14-16,23H,5-6,9-10,12-13H2. The second-order valence-electron chi connectivity index (χ2n) is 7.33. The van der Waals surface area contributed by atoms with Gasteiger partial charge in [-0.15, -0.1) is 0 Å². The lowest BCUT2D eigenvalue weighted by atomic mass is 9.74. The summed E-state index contributed by atoms with van der Waals surface area (Å²) < 4.78 is 0. The summed E-state index contributed by atoms with van der Waals surface area (Å²) in [5.74, 6) is 0.463. The second kappa shape index (κ2) is 6.15. The molecular weight excluding hydrogens is 302 g/mol. The zero-order valence-electron chi connectivity index (χ0n) is 14.5. The van der Waals surface area contributed by atoms with Crippen LogP contribution in [0, 0.1) is 0 Å². The van der Waals surface area contributed by atoms with Crippen molar-refractivity contribution in [1.82, 2.24) is 0 Å². The molecule has 0 saturated carbocycles. The van der Waals surface area contributed by atoms with Crippen LogP contribution in [0.3, 0.4) is 0 Å². The molecular formula is C24H23N. The molecule has 1 heterocycles. The highest BCUT2D eigenvalue weighted by molar-refractivity contribution is 5.75. The van der Waals surface area contributed by atoms with E-state index in [1.165, 1.54) is 60.1 Å². The van der Waals surface area contributed by atoms with E-state index < -0.39 is 0 Å². The molecule has 0 amide bonds. The fourth-order valence-electron chi connectivity index (χ4n) is 4.79. The Morgan fingerprint density at radius 1 is 0.880 bits per heavy atom. The van der Waals surface area contributed by atoms with Crippen LogP contribution >= 0.6 is 0 Å². The van der Waals surface area contributed by atoms with Gasteiger partial charge in [-0.2, -0.15) is 0 Å². The van der Waals surface area contributed by atoms with E-state index in [0.29, 0.717) is 5.92 Å². The summed E-state index contributed by atoms with van der Waals surface area (Å²) in [4.78, 5) is 4.77. The molecule has 0 N–H and O–H groups in total. The van der Waals surface area contributed by atoms with Gasteiger partial charge in [-0.3, -0.25) is 4.99 Å². The first kappa shape index (κ1) is 14.9. The Hall–Kier alpha value is -2.41. The number of hydrogen-bond acceptors (Lipinski definition) is 1. The third-order valence-electron chi connectivity index (χ3n) is 5.96. The molecule has 1 nitrogen and oxygen atoms in total. The van der Waals surface area contributed by atoms with E-state index in [-0.39, 0.29) is 0 Å². The van der Waals surface area contributed by atoms with Gasteiger partial charge in [-0.25, -0.2) is 0 Å². The second-order valence-corrected chi connectivity index (χ2v) is 7.33.